The molecule has 2 aromatic heterocycles. The maximum absolute atomic E-state index is 4.20. The van der Waals surface area contributed by atoms with Crippen LogP contribution >= 0.6 is 11.3 Å². The van der Waals surface area contributed by atoms with E-state index in [0.29, 0.717) is 6.04 Å². The van der Waals surface area contributed by atoms with E-state index in [-0.39, 0.29) is 0 Å². The maximum atomic E-state index is 4.20. The van der Waals surface area contributed by atoms with Gasteiger partial charge in [-0.25, -0.2) is 4.98 Å². The second kappa shape index (κ2) is 5.98. The Morgan fingerprint density at radius 3 is 3.06 bits per heavy atom. The van der Waals surface area contributed by atoms with E-state index >= 15 is 0 Å². The van der Waals surface area contributed by atoms with E-state index < -0.39 is 0 Å². The molecule has 0 atom stereocenters. The zero-order valence-corrected chi connectivity index (χ0v) is 11.2. The summed E-state index contributed by atoms with van der Waals surface area (Å²) in [5, 5.41) is 7.80. The molecule has 0 aromatic carbocycles. The fraction of sp³-hybridized carbons (Fsp3) is 0.462. The summed E-state index contributed by atoms with van der Waals surface area (Å²) in [6.45, 7) is 6.26. The van der Waals surface area contributed by atoms with Crippen molar-refractivity contribution in [1.82, 2.24) is 14.9 Å². The van der Waals surface area contributed by atoms with Crippen LogP contribution in [-0.4, -0.2) is 16.1 Å². The average molecular weight is 249 g/mol. The smallest absolute Gasteiger partial charge is 0.0951 e. The van der Waals surface area contributed by atoms with Crippen molar-refractivity contribution in [2.24, 2.45) is 0 Å². The lowest BCUT2D eigenvalue weighted by Gasteiger charge is -2.12. The van der Waals surface area contributed by atoms with Gasteiger partial charge in [-0.15, -0.1) is 0 Å². The van der Waals surface area contributed by atoms with E-state index in [0.717, 1.165) is 19.5 Å². The van der Waals surface area contributed by atoms with Crippen molar-refractivity contribution in [3.63, 3.8) is 0 Å². The quantitative estimate of drug-likeness (QED) is 0.798. The molecular weight excluding hydrogens is 230 g/mol. The third-order valence-electron chi connectivity index (χ3n) is 2.78. The first-order valence-corrected chi connectivity index (χ1v) is 6.94. The van der Waals surface area contributed by atoms with Crippen molar-refractivity contribution in [2.75, 3.05) is 6.54 Å². The van der Waals surface area contributed by atoms with Gasteiger partial charge >= 0.3 is 0 Å². The van der Waals surface area contributed by atoms with Crippen molar-refractivity contribution >= 4 is 11.3 Å². The van der Waals surface area contributed by atoms with E-state index in [4.69, 9.17) is 0 Å². The summed E-state index contributed by atoms with van der Waals surface area (Å²) in [6, 6.07) is 2.66. The molecule has 92 valence electrons. The Hall–Kier alpha value is -1.13. The topological polar surface area (TPSA) is 29.9 Å². The van der Waals surface area contributed by atoms with Crippen LogP contribution in [0.1, 0.15) is 31.1 Å². The molecule has 1 N–H and O–H groups in total. The van der Waals surface area contributed by atoms with E-state index in [1.54, 1.807) is 11.3 Å². The van der Waals surface area contributed by atoms with Gasteiger partial charge in [0, 0.05) is 18.8 Å². The molecule has 2 rings (SSSR count). The normalized spacial score (nSPS) is 11.2. The first-order valence-electron chi connectivity index (χ1n) is 6.00. The summed E-state index contributed by atoms with van der Waals surface area (Å²) >= 11 is 1.76. The number of nitrogens with one attached hydrogen (secondary N) is 1. The van der Waals surface area contributed by atoms with Crippen LogP contribution < -0.4 is 5.32 Å². The number of aromatic nitrogens is 2. The monoisotopic (exact) mass is 249 g/mol. The van der Waals surface area contributed by atoms with Gasteiger partial charge in [-0.2, -0.15) is 11.3 Å². The van der Waals surface area contributed by atoms with Gasteiger partial charge in [0.1, 0.15) is 0 Å². The molecule has 0 saturated heterocycles. The molecule has 2 heterocycles. The Kier molecular flexibility index (Phi) is 4.34. The van der Waals surface area contributed by atoms with Crippen LogP contribution in [0.4, 0.5) is 0 Å². The first kappa shape index (κ1) is 12.3. The minimum absolute atomic E-state index is 0.478. The lowest BCUT2D eigenvalue weighted by atomic mass is 10.2. The number of hydrogen-bond donors (Lipinski definition) is 1. The van der Waals surface area contributed by atoms with E-state index in [2.05, 4.69) is 45.5 Å². The third kappa shape index (κ3) is 3.41. The Labute approximate surface area is 107 Å². The third-order valence-corrected chi connectivity index (χ3v) is 3.51. The zero-order valence-electron chi connectivity index (χ0n) is 10.4. The molecule has 0 unspecified atom stereocenters. The molecule has 0 spiro atoms. The van der Waals surface area contributed by atoms with Gasteiger partial charge in [0.2, 0.25) is 0 Å². The van der Waals surface area contributed by atoms with Gasteiger partial charge in [0.25, 0.3) is 0 Å². The molecule has 0 radical (unpaired) electrons. The predicted molar refractivity (Wildman–Crippen MR) is 72.3 cm³/mol. The molecule has 2 aromatic rings. The molecule has 0 amide bonds. The molecule has 4 heteroatoms. The highest BCUT2D eigenvalue weighted by atomic mass is 32.1. The van der Waals surface area contributed by atoms with E-state index in [1.807, 2.05) is 12.5 Å². The van der Waals surface area contributed by atoms with Crippen molar-refractivity contribution in [3.8, 4) is 0 Å². The van der Waals surface area contributed by atoms with Crippen LogP contribution in [0.25, 0.3) is 0 Å². The Bertz CT molecular complexity index is 431. The van der Waals surface area contributed by atoms with Gasteiger partial charge < -0.3 is 9.88 Å². The lowest BCUT2D eigenvalue weighted by molar-refractivity contribution is 0.551. The molecule has 0 aliphatic heterocycles. The first-order chi connectivity index (χ1) is 8.27. The Morgan fingerprint density at radius 2 is 2.35 bits per heavy atom. The van der Waals surface area contributed by atoms with Crippen molar-refractivity contribution < 1.29 is 0 Å². The second-order valence-electron chi connectivity index (χ2n) is 4.44. The highest BCUT2D eigenvalue weighted by Crippen LogP contribution is 2.09. The fourth-order valence-corrected chi connectivity index (χ4v) is 2.52. The highest BCUT2D eigenvalue weighted by Gasteiger charge is 2.04. The molecule has 0 bridgehead atoms. The van der Waals surface area contributed by atoms with Gasteiger partial charge in [-0.1, -0.05) is 0 Å². The lowest BCUT2D eigenvalue weighted by Crippen LogP contribution is -2.19. The number of rotatable bonds is 6. The predicted octanol–water partition coefficient (Wildman–Crippen LogP) is 2.86. The van der Waals surface area contributed by atoms with Crippen LogP contribution in [0.2, 0.25) is 0 Å². The molecule has 0 fully saturated rings. The molecule has 0 aliphatic carbocycles. The molecule has 17 heavy (non-hydrogen) atoms. The average Bonchev–Trinajstić information content (AvgIpc) is 2.95. The number of imidazole rings is 1. The van der Waals surface area contributed by atoms with Gasteiger partial charge in [0.05, 0.1) is 12.0 Å². The highest BCUT2D eigenvalue weighted by molar-refractivity contribution is 7.07. The van der Waals surface area contributed by atoms with Crippen LogP contribution in [0.15, 0.2) is 29.4 Å². The zero-order chi connectivity index (χ0) is 12.1. The van der Waals surface area contributed by atoms with Crippen LogP contribution in [0.5, 0.6) is 0 Å². The Morgan fingerprint density at radius 1 is 1.47 bits per heavy atom. The summed E-state index contributed by atoms with van der Waals surface area (Å²) in [7, 11) is 0. The van der Waals surface area contributed by atoms with Crippen LogP contribution in [0.3, 0.4) is 0 Å². The second-order valence-corrected chi connectivity index (χ2v) is 5.22. The molecule has 0 aliphatic rings. The standard InChI is InChI=1S/C13H19N3S/c1-11(2)16-10-15-8-13(16)7-14-5-3-12-4-6-17-9-12/h4,6,8-11,14H,3,5,7H2,1-2H3. The summed E-state index contributed by atoms with van der Waals surface area (Å²) in [6.07, 6.45) is 4.94. The van der Waals surface area contributed by atoms with Crippen molar-refractivity contribution in [3.05, 3.63) is 40.6 Å². The van der Waals surface area contributed by atoms with E-state index in [9.17, 15) is 0 Å². The van der Waals surface area contributed by atoms with Gasteiger partial charge in [0.15, 0.2) is 0 Å². The summed E-state index contributed by atoms with van der Waals surface area (Å²) < 4.78 is 2.21. The van der Waals surface area contributed by atoms with Crippen molar-refractivity contribution in [1.29, 1.82) is 0 Å². The van der Waals surface area contributed by atoms with E-state index in [1.165, 1.54) is 11.3 Å². The molecular formula is C13H19N3S. The SMILES string of the molecule is CC(C)n1cncc1CNCCc1ccsc1. The Balaban J connectivity index is 1.76. The van der Waals surface area contributed by atoms with Gasteiger partial charge in [-0.05, 0) is 49.2 Å². The summed E-state index contributed by atoms with van der Waals surface area (Å²) in [5.74, 6) is 0. The number of nitrogens with zero attached hydrogens (tertiary/aromatic N) is 2. The summed E-state index contributed by atoms with van der Waals surface area (Å²) in [4.78, 5) is 4.20. The van der Waals surface area contributed by atoms with Gasteiger partial charge in [-0.3, -0.25) is 0 Å². The van der Waals surface area contributed by atoms with Crippen molar-refractivity contribution in [2.45, 2.75) is 32.9 Å². The fourth-order valence-electron chi connectivity index (χ4n) is 1.82. The molecule has 0 saturated carbocycles. The van der Waals surface area contributed by atoms with Crippen LogP contribution in [0, 0.1) is 0 Å². The largest absolute Gasteiger partial charge is 0.331 e. The molecule has 3 nitrogen and oxygen atoms in total. The minimum Gasteiger partial charge on any atom is -0.331 e. The minimum atomic E-state index is 0.478. The number of hydrogen-bond acceptors (Lipinski definition) is 3. The maximum Gasteiger partial charge on any atom is 0.0951 e. The summed E-state index contributed by atoms with van der Waals surface area (Å²) in [5.41, 5.74) is 2.67. The number of thiophene rings is 1. The van der Waals surface area contributed by atoms with Crippen LogP contribution in [-0.2, 0) is 13.0 Å².